The molecule has 0 aliphatic carbocycles. The zero-order chi connectivity index (χ0) is 24.8. The van der Waals surface area contributed by atoms with Gasteiger partial charge in [-0.1, -0.05) is 60.7 Å². The van der Waals surface area contributed by atoms with E-state index in [-0.39, 0.29) is 47.6 Å². The van der Waals surface area contributed by atoms with Crippen molar-refractivity contribution in [2.75, 3.05) is 12.5 Å². The molecule has 1 aromatic heterocycles. The molecule has 0 radical (unpaired) electrons. The number of pyridine rings is 1. The van der Waals surface area contributed by atoms with Crippen LogP contribution in [0.1, 0.15) is 53.9 Å². The molecule has 8 heteroatoms. The number of ether oxygens (including phenoxy) is 2. The number of hydrogen-bond acceptors (Lipinski definition) is 6. The Morgan fingerprint density at radius 1 is 1.03 bits per heavy atom. The van der Waals surface area contributed by atoms with Gasteiger partial charge >= 0.3 is 5.97 Å². The highest BCUT2D eigenvalue weighted by Crippen LogP contribution is 2.26. The third-order valence-electron chi connectivity index (χ3n) is 5.98. The molecule has 35 heavy (non-hydrogen) atoms. The molecule has 2 heterocycles. The summed E-state index contributed by atoms with van der Waals surface area (Å²) in [7, 11) is 1.70. The number of carbonyl (C=O) groups is 2. The maximum absolute atomic E-state index is 13.3. The number of nitrogens with one attached hydrogen (secondary N) is 1. The molecule has 1 aliphatic rings. The van der Waals surface area contributed by atoms with E-state index >= 15 is 0 Å². The molecule has 0 saturated carbocycles. The summed E-state index contributed by atoms with van der Waals surface area (Å²) in [6, 6.07) is 20.5. The molecule has 8 nitrogen and oxygen atoms in total. The highest BCUT2D eigenvalue weighted by atomic mass is 16.5. The summed E-state index contributed by atoms with van der Waals surface area (Å²) in [6.45, 7) is 1.59. The first kappa shape index (κ1) is 24.1. The van der Waals surface area contributed by atoms with E-state index in [4.69, 9.17) is 9.47 Å². The van der Waals surface area contributed by atoms with Gasteiger partial charge in [0, 0.05) is 26.2 Å². The Labute approximate surface area is 204 Å². The highest BCUT2D eigenvalue weighted by Gasteiger charge is 2.33. The van der Waals surface area contributed by atoms with Crippen LogP contribution in [-0.2, 0) is 16.1 Å². The summed E-state index contributed by atoms with van der Waals surface area (Å²) < 4.78 is 12.9. The van der Waals surface area contributed by atoms with E-state index < -0.39 is 0 Å². The lowest BCUT2D eigenvalue weighted by Crippen LogP contribution is -2.52. The molecule has 2 aromatic carbocycles. The predicted octanol–water partition coefficient (Wildman–Crippen LogP) is 3.86. The van der Waals surface area contributed by atoms with Crippen molar-refractivity contribution in [3.63, 3.8) is 0 Å². The number of nitrogens with zero attached hydrogens (tertiary/aromatic N) is 2. The Bertz CT molecular complexity index is 1230. The zero-order valence-corrected chi connectivity index (χ0v) is 19.8. The van der Waals surface area contributed by atoms with E-state index in [1.807, 2.05) is 60.7 Å². The van der Waals surface area contributed by atoms with Crippen molar-refractivity contribution in [2.24, 2.45) is 0 Å². The minimum atomic E-state index is -0.348. The largest absolute Gasteiger partial charge is 0.482 e. The molecule has 0 saturated heterocycles. The molecule has 0 spiro atoms. The molecule has 0 fully saturated rings. The molecule has 1 N–H and O–H groups in total. The van der Waals surface area contributed by atoms with Crippen LogP contribution in [0.5, 0.6) is 5.75 Å². The van der Waals surface area contributed by atoms with Gasteiger partial charge < -0.3 is 19.8 Å². The van der Waals surface area contributed by atoms with Gasteiger partial charge in [-0.3, -0.25) is 19.1 Å². The fourth-order valence-electron chi connectivity index (χ4n) is 4.17. The monoisotopic (exact) mass is 475 g/mol. The molecule has 4 rings (SSSR count). The van der Waals surface area contributed by atoms with Gasteiger partial charge in [-0.15, -0.1) is 0 Å². The third-order valence-corrected chi connectivity index (χ3v) is 5.98. The molecule has 2 unspecified atom stereocenters. The first-order chi connectivity index (χ1) is 16.9. The molecule has 1 aliphatic heterocycles. The quantitative estimate of drug-likeness (QED) is 0.473. The lowest BCUT2D eigenvalue weighted by atomic mass is 10.0. The van der Waals surface area contributed by atoms with Crippen molar-refractivity contribution >= 4 is 11.9 Å². The van der Waals surface area contributed by atoms with Gasteiger partial charge in [0.25, 0.3) is 5.91 Å². The van der Waals surface area contributed by atoms with Crippen LogP contribution in [0.15, 0.2) is 77.7 Å². The molecule has 182 valence electrons. The molecule has 2 atom stereocenters. The Kier molecular flexibility index (Phi) is 7.50. The van der Waals surface area contributed by atoms with E-state index in [1.165, 1.54) is 13.0 Å². The summed E-state index contributed by atoms with van der Waals surface area (Å²) in [6.07, 6.45) is 2.85. The van der Waals surface area contributed by atoms with Gasteiger partial charge in [0.05, 0.1) is 0 Å². The standard InChI is InChI=1S/C27H29N3O5/c1-19(31)35-23(21-12-7-4-8-13-21)14-9-15-24-28-30-17-16-22(32)26(25(30)27(33)29(24)2)34-18-20-10-5-3-6-11-20/h3-8,10-13,16-17,23-24,28H,9,14-15,18H2,1-2H3. The summed E-state index contributed by atoms with van der Waals surface area (Å²) in [4.78, 5) is 39.0. The zero-order valence-electron chi connectivity index (χ0n) is 19.8. The summed E-state index contributed by atoms with van der Waals surface area (Å²) in [5.41, 5.74) is 4.96. The average Bonchev–Trinajstić information content (AvgIpc) is 2.87. The topological polar surface area (TPSA) is 89.9 Å². The van der Waals surface area contributed by atoms with Crippen molar-refractivity contribution in [1.29, 1.82) is 0 Å². The van der Waals surface area contributed by atoms with Crippen LogP contribution in [0.3, 0.4) is 0 Å². The maximum atomic E-state index is 13.3. The highest BCUT2D eigenvalue weighted by molar-refractivity contribution is 5.96. The van der Waals surface area contributed by atoms with Crippen LogP contribution in [0, 0.1) is 0 Å². The molecular formula is C27H29N3O5. The lowest BCUT2D eigenvalue weighted by Gasteiger charge is -2.37. The summed E-state index contributed by atoms with van der Waals surface area (Å²) >= 11 is 0. The van der Waals surface area contributed by atoms with Crippen molar-refractivity contribution in [2.45, 2.75) is 45.1 Å². The first-order valence-corrected chi connectivity index (χ1v) is 11.6. The van der Waals surface area contributed by atoms with Crippen LogP contribution in [-0.4, -0.2) is 34.7 Å². The second kappa shape index (κ2) is 10.9. The minimum absolute atomic E-state index is 0.0261. The summed E-state index contributed by atoms with van der Waals surface area (Å²) in [5, 5.41) is 0. The van der Waals surface area contributed by atoms with Crippen LogP contribution in [0.25, 0.3) is 0 Å². The van der Waals surface area contributed by atoms with Crippen molar-refractivity contribution in [3.8, 4) is 5.75 Å². The van der Waals surface area contributed by atoms with E-state index in [0.29, 0.717) is 19.3 Å². The van der Waals surface area contributed by atoms with Crippen molar-refractivity contribution in [3.05, 3.63) is 100.0 Å². The fourth-order valence-corrected chi connectivity index (χ4v) is 4.17. The normalized spacial score (nSPS) is 15.7. The first-order valence-electron chi connectivity index (χ1n) is 11.6. The van der Waals surface area contributed by atoms with Crippen LogP contribution in [0.4, 0.5) is 0 Å². The van der Waals surface area contributed by atoms with Gasteiger partial charge in [-0.25, -0.2) is 0 Å². The molecule has 0 bridgehead atoms. The molecular weight excluding hydrogens is 446 g/mol. The Morgan fingerprint density at radius 3 is 2.40 bits per heavy atom. The number of carbonyl (C=O) groups excluding carboxylic acids is 2. The van der Waals surface area contributed by atoms with Crippen LogP contribution >= 0.6 is 0 Å². The van der Waals surface area contributed by atoms with Gasteiger partial charge in [-0.2, -0.15) is 0 Å². The number of fused-ring (bicyclic) bond motifs is 1. The van der Waals surface area contributed by atoms with E-state index in [2.05, 4.69) is 5.43 Å². The SMILES string of the molecule is CC(=O)OC(CCCC1Nn2ccc(=O)c(OCc3ccccc3)c2C(=O)N1C)c1ccccc1. The number of hydrogen-bond donors (Lipinski definition) is 1. The minimum Gasteiger partial charge on any atom is -0.482 e. The Hall–Kier alpha value is -4.07. The fraction of sp³-hybridized carbons (Fsp3) is 0.296. The number of rotatable bonds is 9. The van der Waals surface area contributed by atoms with Crippen LogP contribution < -0.4 is 15.6 Å². The molecule has 3 aromatic rings. The maximum Gasteiger partial charge on any atom is 0.303 e. The number of amides is 1. The van der Waals surface area contributed by atoms with Crippen LogP contribution in [0.2, 0.25) is 0 Å². The average molecular weight is 476 g/mol. The third kappa shape index (κ3) is 5.71. The number of benzene rings is 2. The second-order valence-corrected chi connectivity index (χ2v) is 8.50. The second-order valence-electron chi connectivity index (χ2n) is 8.50. The van der Waals surface area contributed by atoms with Crippen molar-refractivity contribution < 1.29 is 19.1 Å². The smallest absolute Gasteiger partial charge is 0.303 e. The summed E-state index contributed by atoms with van der Waals surface area (Å²) in [5.74, 6) is -0.602. The predicted molar refractivity (Wildman–Crippen MR) is 132 cm³/mol. The van der Waals surface area contributed by atoms with Gasteiger partial charge in [-0.05, 0) is 30.4 Å². The number of esters is 1. The van der Waals surface area contributed by atoms with E-state index in [9.17, 15) is 14.4 Å². The van der Waals surface area contributed by atoms with Gasteiger partial charge in [0.1, 0.15) is 18.9 Å². The van der Waals surface area contributed by atoms with Gasteiger partial charge in [0.15, 0.2) is 11.4 Å². The van der Waals surface area contributed by atoms with Gasteiger partial charge in [0.2, 0.25) is 5.43 Å². The Balaban J connectivity index is 1.45. The number of aromatic nitrogens is 1. The van der Waals surface area contributed by atoms with E-state index in [0.717, 1.165) is 11.1 Å². The van der Waals surface area contributed by atoms with E-state index in [1.54, 1.807) is 22.8 Å². The Morgan fingerprint density at radius 2 is 1.71 bits per heavy atom. The van der Waals surface area contributed by atoms with Crippen molar-refractivity contribution in [1.82, 2.24) is 9.58 Å². The molecule has 1 amide bonds. The lowest BCUT2D eigenvalue weighted by molar-refractivity contribution is -0.147.